The van der Waals surface area contributed by atoms with E-state index in [1.165, 1.54) is 6.42 Å². The number of nitrogens with zero attached hydrogens (tertiary/aromatic N) is 3. The van der Waals surface area contributed by atoms with Crippen molar-refractivity contribution in [1.29, 1.82) is 0 Å². The van der Waals surface area contributed by atoms with Gasteiger partial charge in [-0.25, -0.2) is 8.42 Å². The molecule has 3 heterocycles. The molecule has 3 rings (SSSR count). The molecule has 2 saturated heterocycles. The molecule has 2 atom stereocenters. The van der Waals surface area contributed by atoms with Crippen LogP contribution in [0.4, 0.5) is 0 Å². The molecule has 0 saturated carbocycles. The van der Waals surface area contributed by atoms with Crippen LogP contribution < -0.4 is 5.32 Å². The van der Waals surface area contributed by atoms with Gasteiger partial charge in [-0.1, -0.05) is 6.92 Å². The third kappa shape index (κ3) is 3.74. The summed E-state index contributed by atoms with van der Waals surface area (Å²) >= 11 is 0. The molecular formula is C17H28N4O3S. The number of nitrogens with one attached hydrogen (secondary N) is 1. The Bertz CT molecular complexity index is 756. The first-order valence-electron chi connectivity index (χ1n) is 9.10. The Kier molecular flexibility index (Phi) is 5.20. The monoisotopic (exact) mass is 368 g/mol. The Hall–Kier alpha value is -1.41. The van der Waals surface area contributed by atoms with E-state index in [0.29, 0.717) is 30.3 Å². The Morgan fingerprint density at radius 1 is 1.32 bits per heavy atom. The fourth-order valence-electron chi connectivity index (χ4n) is 4.16. The molecule has 2 fully saturated rings. The van der Waals surface area contributed by atoms with Gasteiger partial charge in [0.15, 0.2) is 9.84 Å². The zero-order valence-corrected chi connectivity index (χ0v) is 16.1. The highest BCUT2D eigenvalue weighted by atomic mass is 32.2. The summed E-state index contributed by atoms with van der Waals surface area (Å²) in [5, 5.41) is 7.53. The molecule has 1 amide bonds. The normalized spacial score (nSPS) is 26.2. The zero-order chi connectivity index (χ0) is 18.2. The van der Waals surface area contributed by atoms with Crippen LogP contribution in [0.2, 0.25) is 0 Å². The van der Waals surface area contributed by atoms with Crippen molar-refractivity contribution in [3.05, 3.63) is 17.0 Å². The fourth-order valence-corrected chi connectivity index (χ4v) is 5.85. The van der Waals surface area contributed by atoms with Crippen molar-refractivity contribution in [3.8, 4) is 0 Å². The summed E-state index contributed by atoms with van der Waals surface area (Å²) in [6.45, 7) is 8.57. The van der Waals surface area contributed by atoms with Gasteiger partial charge in [0, 0.05) is 18.3 Å². The van der Waals surface area contributed by atoms with Crippen LogP contribution in [0.3, 0.4) is 0 Å². The van der Waals surface area contributed by atoms with Crippen LogP contribution in [0.25, 0.3) is 0 Å². The highest BCUT2D eigenvalue weighted by molar-refractivity contribution is 7.91. The van der Waals surface area contributed by atoms with Crippen molar-refractivity contribution < 1.29 is 13.2 Å². The van der Waals surface area contributed by atoms with E-state index in [1.54, 1.807) is 4.68 Å². The second-order valence-electron chi connectivity index (χ2n) is 7.18. The summed E-state index contributed by atoms with van der Waals surface area (Å²) in [5.74, 6) is 0.209. The molecule has 8 heteroatoms. The van der Waals surface area contributed by atoms with E-state index in [0.717, 1.165) is 25.2 Å². The van der Waals surface area contributed by atoms with Gasteiger partial charge in [0.25, 0.3) is 5.91 Å². The molecule has 1 aromatic heterocycles. The molecule has 1 aromatic rings. The Morgan fingerprint density at radius 3 is 2.72 bits per heavy atom. The lowest BCUT2D eigenvalue weighted by atomic mass is 10.1. The number of likely N-dealkylation sites (tertiary alicyclic amines) is 1. The summed E-state index contributed by atoms with van der Waals surface area (Å²) in [6.07, 6.45) is 2.87. The quantitative estimate of drug-likeness (QED) is 0.840. The van der Waals surface area contributed by atoms with Crippen LogP contribution >= 0.6 is 0 Å². The van der Waals surface area contributed by atoms with E-state index in [1.807, 2.05) is 13.8 Å². The first-order valence-corrected chi connectivity index (χ1v) is 10.9. The summed E-state index contributed by atoms with van der Waals surface area (Å²) in [4.78, 5) is 15.1. The molecule has 0 bridgehead atoms. The second-order valence-corrected chi connectivity index (χ2v) is 9.41. The summed E-state index contributed by atoms with van der Waals surface area (Å²) in [6, 6.07) is 0.250. The van der Waals surface area contributed by atoms with Crippen molar-refractivity contribution in [1.82, 2.24) is 20.0 Å². The van der Waals surface area contributed by atoms with Crippen LogP contribution in [-0.2, 0) is 9.84 Å². The number of amides is 1. The highest BCUT2D eigenvalue weighted by Gasteiger charge is 2.32. The van der Waals surface area contributed by atoms with Gasteiger partial charge in [-0.15, -0.1) is 0 Å². The van der Waals surface area contributed by atoms with Gasteiger partial charge in [-0.2, -0.15) is 5.10 Å². The molecule has 7 nitrogen and oxygen atoms in total. The number of likely N-dealkylation sites (N-methyl/N-ethyl adjacent to an activating group) is 1. The maximum absolute atomic E-state index is 12.7. The molecule has 0 aromatic carbocycles. The predicted molar refractivity (Wildman–Crippen MR) is 96.6 cm³/mol. The van der Waals surface area contributed by atoms with Crippen molar-refractivity contribution in [2.45, 2.75) is 52.1 Å². The van der Waals surface area contributed by atoms with Gasteiger partial charge in [-0.05, 0) is 46.2 Å². The van der Waals surface area contributed by atoms with E-state index in [4.69, 9.17) is 0 Å². The van der Waals surface area contributed by atoms with E-state index in [2.05, 4.69) is 22.2 Å². The summed E-state index contributed by atoms with van der Waals surface area (Å²) < 4.78 is 25.2. The van der Waals surface area contributed by atoms with E-state index >= 15 is 0 Å². The maximum atomic E-state index is 12.7. The van der Waals surface area contributed by atoms with Gasteiger partial charge >= 0.3 is 0 Å². The smallest absolute Gasteiger partial charge is 0.255 e. The molecule has 2 aliphatic rings. The minimum atomic E-state index is -2.98. The van der Waals surface area contributed by atoms with E-state index < -0.39 is 9.84 Å². The standard InChI is InChI=1S/C17H28N4O3S/c1-4-20-8-5-6-14(20)10-18-17(22)16-12(2)19-21(13(16)3)15-7-9-25(23,24)11-15/h14-15H,4-11H2,1-3H3,(H,18,22)/t14-,15-/m1/s1. The lowest BCUT2D eigenvalue weighted by Crippen LogP contribution is -2.40. The zero-order valence-electron chi connectivity index (χ0n) is 15.3. The number of sulfone groups is 1. The van der Waals surface area contributed by atoms with Gasteiger partial charge in [0.05, 0.1) is 28.8 Å². The molecule has 0 radical (unpaired) electrons. The lowest BCUT2D eigenvalue weighted by molar-refractivity contribution is 0.0940. The van der Waals surface area contributed by atoms with Crippen LogP contribution in [0, 0.1) is 13.8 Å². The van der Waals surface area contributed by atoms with Crippen LogP contribution in [0.15, 0.2) is 0 Å². The average Bonchev–Trinajstić information content (AvgIpc) is 3.22. The van der Waals surface area contributed by atoms with Gasteiger partial charge in [0.1, 0.15) is 0 Å². The van der Waals surface area contributed by atoms with E-state index in [-0.39, 0.29) is 23.5 Å². The lowest BCUT2D eigenvalue weighted by Gasteiger charge is -2.22. The van der Waals surface area contributed by atoms with Crippen molar-refractivity contribution in [3.63, 3.8) is 0 Å². The highest BCUT2D eigenvalue weighted by Crippen LogP contribution is 2.26. The summed E-state index contributed by atoms with van der Waals surface area (Å²) in [7, 11) is -2.98. The second kappa shape index (κ2) is 7.07. The first kappa shape index (κ1) is 18.4. The van der Waals surface area contributed by atoms with Crippen molar-refractivity contribution >= 4 is 15.7 Å². The van der Waals surface area contributed by atoms with Gasteiger partial charge < -0.3 is 5.32 Å². The van der Waals surface area contributed by atoms with E-state index in [9.17, 15) is 13.2 Å². The number of carbonyl (C=O) groups excluding carboxylic acids is 1. The molecule has 2 aliphatic heterocycles. The number of aryl methyl sites for hydroxylation is 1. The van der Waals surface area contributed by atoms with Crippen LogP contribution in [0.1, 0.15) is 54.0 Å². The molecule has 25 heavy (non-hydrogen) atoms. The third-order valence-electron chi connectivity index (χ3n) is 5.51. The molecule has 140 valence electrons. The number of rotatable bonds is 5. The number of aromatic nitrogens is 2. The molecule has 1 N–H and O–H groups in total. The Balaban J connectivity index is 1.71. The minimum absolute atomic E-state index is 0.106. The Morgan fingerprint density at radius 2 is 2.08 bits per heavy atom. The topological polar surface area (TPSA) is 84.3 Å². The van der Waals surface area contributed by atoms with Gasteiger partial charge in [-0.3, -0.25) is 14.4 Å². The number of hydrogen-bond acceptors (Lipinski definition) is 5. The third-order valence-corrected chi connectivity index (χ3v) is 7.26. The van der Waals surface area contributed by atoms with Crippen molar-refractivity contribution in [2.24, 2.45) is 0 Å². The average molecular weight is 369 g/mol. The predicted octanol–water partition coefficient (Wildman–Crippen LogP) is 1.07. The largest absolute Gasteiger partial charge is 0.350 e. The van der Waals surface area contributed by atoms with Gasteiger partial charge in [0.2, 0.25) is 0 Å². The molecule has 0 aliphatic carbocycles. The maximum Gasteiger partial charge on any atom is 0.255 e. The SMILES string of the molecule is CCN1CCC[C@@H]1CNC(=O)c1c(C)nn([C@@H]2CCS(=O)(=O)C2)c1C. The van der Waals surface area contributed by atoms with Crippen LogP contribution in [-0.4, -0.2) is 66.2 Å². The first-order chi connectivity index (χ1) is 11.8. The summed E-state index contributed by atoms with van der Waals surface area (Å²) in [5.41, 5.74) is 2.01. The fraction of sp³-hybridized carbons (Fsp3) is 0.765. The number of carbonyl (C=O) groups is 1. The van der Waals surface area contributed by atoms with Crippen molar-refractivity contribution in [2.75, 3.05) is 31.1 Å². The number of hydrogen-bond donors (Lipinski definition) is 1. The Labute approximate surface area is 149 Å². The molecule has 0 unspecified atom stereocenters. The minimum Gasteiger partial charge on any atom is -0.350 e. The molecule has 0 spiro atoms. The molecular weight excluding hydrogens is 340 g/mol. The van der Waals surface area contributed by atoms with Crippen LogP contribution in [0.5, 0.6) is 0 Å².